The van der Waals surface area contributed by atoms with Crippen molar-refractivity contribution in [1.29, 1.82) is 0 Å². The Morgan fingerprint density at radius 2 is 1.86 bits per heavy atom. The van der Waals surface area contributed by atoms with Crippen molar-refractivity contribution >= 4 is 23.3 Å². The predicted molar refractivity (Wildman–Crippen MR) is 79.4 cm³/mol. The van der Waals surface area contributed by atoms with Crippen molar-refractivity contribution in [3.63, 3.8) is 0 Å². The number of hydrogen-bond acceptors (Lipinski definition) is 4. The summed E-state index contributed by atoms with van der Waals surface area (Å²) in [6.07, 6.45) is 1.63. The van der Waals surface area contributed by atoms with E-state index in [9.17, 15) is 9.59 Å². The van der Waals surface area contributed by atoms with Crippen LogP contribution in [0.25, 0.3) is 0 Å². The molecule has 1 aromatic carbocycles. The van der Waals surface area contributed by atoms with Gasteiger partial charge < -0.3 is 4.90 Å². The Hall–Kier alpha value is -2.69. The van der Waals surface area contributed by atoms with Crippen molar-refractivity contribution in [2.45, 2.75) is 6.92 Å². The van der Waals surface area contributed by atoms with Crippen LogP contribution in [0.15, 0.2) is 48.7 Å². The van der Waals surface area contributed by atoms with E-state index in [2.05, 4.69) is 4.98 Å². The zero-order chi connectivity index (χ0) is 14.8. The van der Waals surface area contributed by atoms with Gasteiger partial charge in [0.1, 0.15) is 12.4 Å². The molecule has 0 aliphatic carbocycles. The average molecular weight is 281 g/mol. The summed E-state index contributed by atoms with van der Waals surface area (Å²) in [5, 5.41) is 0. The molecule has 1 aliphatic heterocycles. The minimum Gasteiger partial charge on any atom is -0.316 e. The number of likely N-dealkylation sites (N-methyl/N-ethyl adjacent to an activating group) is 1. The molecule has 0 bridgehead atoms. The van der Waals surface area contributed by atoms with Crippen molar-refractivity contribution in [2.75, 3.05) is 18.0 Å². The van der Waals surface area contributed by atoms with Crippen LogP contribution >= 0.6 is 0 Å². The van der Waals surface area contributed by atoms with Gasteiger partial charge in [0.15, 0.2) is 0 Å². The summed E-state index contributed by atoms with van der Waals surface area (Å²) in [6, 6.07) is 12.9. The Kier molecular flexibility index (Phi) is 3.39. The van der Waals surface area contributed by atoms with E-state index >= 15 is 0 Å². The van der Waals surface area contributed by atoms with Crippen molar-refractivity contribution in [2.24, 2.45) is 0 Å². The molecule has 1 aliphatic rings. The molecule has 0 saturated carbocycles. The van der Waals surface area contributed by atoms with E-state index in [4.69, 9.17) is 0 Å². The van der Waals surface area contributed by atoms with Gasteiger partial charge in [-0.3, -0.25) is 14.5 Å². The summed E-state index contributed by atoms with van der Waals surface area (Å²) in [5.74, 6) is 0.0198. The molecule has 0 radical (unpaired) electrons. The molecule has 21 heavy (non-hydrogen) atoms. The highest BCUT2D eigenvalue weighted by Crippen LogP contribution is 2.29. The van der Waals surface area contributed by atoms with E-state index in [1.54, 1.807) is 30.2 Å². The third-order valence-corrected chi connectivity index (χ3v) is 3.50. The Morgan fingerprint density at radius 1 is 1.10 bits per heavy atom. The lowest BCUT2D eigenvalue weighted by atomic mass is 10.2. The van der Waals surface area contributed by atoms with E-state index < -0.39 is 0 Å². The molecule has 0 unspecified atom stereocenters. The maximum absolute atomic E-state index is 12.5. The number of anilines is 2. The summed E-state index contributed by atoms with van der Waals surface area (Å²) in [4.78, 5) is 32.2. The second kappa shape index (κ2) is 5.36. The molecule has 3 rings (SSSR count). The van der Waals surface area contributed by atoms with Gasteiger partial charge in [0, 0.05) is 18.4 Å². The lowest BCUT2D eigenvalue weighted by molar-refractivity contribution is -0.126. The summed E-state index contributed by atoms with van der Waals surface area (Å²) < 4.78 is 0. The van der Waals surface area contributed by atoms with Crippen LogP contribution in [0.1, 0.15) is 17.3 Å². The Morgan fingerprint density at radius 3 is 2.57 bits per heavy atom. The summed E-state index contributed by atoms with van der Waals surface area (Å²) in [5.41, 5.74) is 1.30. The predicted octanol–water partition coefficient (Wildman–Crippen LogP) is 2.22. The fourth-order valence-electron chi connectivity index (χ4n) is 2.47. The molecule has 0 saturated heterocycles. The number of benzene rings is 1. The number of imide groups is 1. The fraction of sp³-hybridized carbons (Fsp3) is 0.188. The molecule has 1 aromatic heterocycles. The summed E-state index contributed by atoms with van der Waals surface area (Å²) >= 11 is 0. The summed E-state index contributed by atoms with van der Waals surface area (Å²) in [6.45, 7) is 2.26. The highest BCUT2D eigenvalue weighted by molar-refractivity contribution is 6.11. The molecule has 0 fully saturated rings. The van der Waals surface area contributed by atoms with Gasteiger partial charge in [-0.2, -0.15) is 0 Å². The third kappa shape index (κ3) is 2.27. The second-order valence-electron chi connectivity index (χ2n) is 4.74. The van der Waals surface area contributed by atoms with Crippen LogP contribution in [-0.4, -0.2) is 34.8 Å². The van der Waals surface area contributed by atoms with Crippen LogP contribution in [0.4, 0.5) is 11.5 Å². The normalized spacial score (nSPS) is 14.9. The van der Waals surface area contributed by atoms with Crippen LogP contribution in [0.5, 0.6) is 0 Å². The minimum atomic E-state index is -0.288. The second-order valence-corrected chi connectivity index (χ2v) is 4.74. The molecule has 2 amide bonds. The van der Waals surface area contributed by atoms with Crippen LogP contribution < -0.4 is 4.90 Å². The maximum Gasteiger partial charge on any atom is 0.264 e. The standard InChI is InChI=1S/C16H15N3O2/c1-2-18-14(20)11-19(12-7-4-3-5-8-12)15-13(16(18)21)9-6-10-17-15/h3-10H,2,11H2,1H3. The largest absolute Gasteiger partial charge is 0.316 e. The number of para-hydroxylation sites is 1. The van der Waals surface area contributed by atoms with Gasteiger partial charge in [0.25, 0.3) is 5.91 Å². The molecule has 106 valence electrons. The lowest BCUT2D eigenvalue weighted by Gasteiger charge is -2.22. The first-order valence-corrected chi connectivity index (χ1v) is 6.84. The molecule has 0 spiro atoms. The van der Waals surface area contributed by atoms with Gasteiger partial charge in [-0.25, -0.2) is 4.98 Å². The first kappa shape index (κ1) is 13.3. The molecular formula is C16H15N3O2. The Labute approximate surface area is 122 Å². The zero-order valence-electron chi connectivity index (χ0n) is 11.7. The maximum atomic E-state index is 12.5. The number of fused-ring (bicyclic) bond motifs is 1. The number of amides is 2. The third-order valence-electron chi connectivity index (χ3n) is 3.50. The molecule has 5 heteroatoms. The quantitative estimate of drug-likeness (QED) is 0.792. The molecule has 0 atom stereocenters. The Bertz CT molecular complexity index is 685. The number of aromatic nitrogens is 1. The zero-order valence-corrected chi connectivity index (χ0v) is 11.7. The molecule has 0 N–H and O–H groups in total. The average Bonchev–Trinajstić information content (AvgIpc) is 2.64. The van der Waals surface area contributed by atoms with Crippen molar-refractivity contribution in [1.82, 2.24) is 9.88 Å². The molecular weight excluding hydrogens is 266 g/mol. The SMILES string of the molecule is CCN1C(=O)CN(c2ccccc2)c2ncccc2C1=O. The fourth-order valence-corrected chi connectivity index (χ4v) is 2.47. The van der Waals surface area contributed by atoms with Gasteiger partial charge in [-0.05, 0) is 31.2 Å². The molecule has 5 nitrogen and oxygen atoms in total. The van der Waals surface area contributed by atoms with Crippen LogP contribution in [0.2, 0.25) is 0 Å². The topological polar surface area (TPSA) is 53.5 Å². The van der Waals surface area contributed by atoms with Gasteiger partial charge >= 0.3 is 0 Å². The van der Waals surface area contributed by atoms with Crippen molar-refractivity contribution in [3.8, 4) is 0 Å². The highest BCUT2D eigenvalue weighted by atomic mass is 16.2. The van der Waals surface area contributed by atoms with Crippen molar-refractivity contribution in [3.05, 3.63) is 54.2 Å². The minimum absolute atomic E-state index is 0.105. The Balaban J connectivity index is 2.16. The van der Waals surface area contributed by atoms with Crippen LogP contribution in [-0.2, 0) is 4.79 Å². The van der Waals surface area contributed by atoms with Gasteiger partial charge in [-0.1, -0.05) is 18.2 Å². The van der Waals surface area contributed by atoms with E-state index in [0.717, 1.165) is 5.69 Å². The number of nitrogens with zero attached hydrogens (tertiary/aromatic N) is 3. The van der Waals surface area contributed by atoms with E-state index in [1.807, 2.05) is 30.3 Å². The molecule has 2 heterocycles. The monoisotopic (exact) mass is 281 g/mol. The number of carbonyl (C=O) groups excluding carboxylic acids is 2. The number of rotatable bonds is 2. The van der Waals surface area contributed by atoms with E-state index in [0.29, 0.717) is 17.9 Å². The first-order chi connectivity index (χ1) is 10.2. The number of hydrogen-bond donors (Lipinski definition) is 0. The van der Waals surface area contributed by atoms with Crippen LogP contribution in [0.3, 0.4) is 0 Å². The summed E-state index contributed by atoms with van der Waals surface area (Å²) in [7, 11) is 0. The van der Waals surface area contributed by atoms with Crippen molar-refractivity contribution < 1.29 is 9.59 Å². The first-order valence-electron chi connectivity index (χ1n) is 6.84. The number of carbonyl (C=O) groups is 2. The van der Waals surface area contributed by atoms with E-state index in [1.165, 1.54) is 4.90 Å². The highest BCUT2D eigenvalue weighted by Gasteiger charge is 2.32. The van der Waals surface area contributed by atoms with Gasteiger partial charge in [0.2, 0.25) is 5.91 Å². The van der Waals surface area contributed by atoms with Gasteiger partial charge in [0.05, 0.1) is 5.56 Å². The van der Waals surface area contributed by atoms with Crippen LogP contribution in [0, 0.1) is 0 Å². The lowest BCUT2D eigenvalue weighted by Crippen LogP contribution is -2.39. The van der Waals surface area contributed by atoms with Gasteiger partial charge in [-0.15, -0.1) is 0 Å². The van der Waals surface area contributed by atoms with E-state index in [-0.39, 0.29) is 18.4 Å². The molecule has 2 aromatic rings. The number of pyridine rings is 1. The smallest absolute Gasteiger partial charge is 0.264 e.